The molecule has 0 amide bonds. The zero-order valence-electron chi connectivity index (χ0n) is 19.2. The molecule has 1 unspecified atom stereocenters. The van der Waals surface area contributed by atoms with Gasteiger partial charge in [0.05, 0.1) is 24.7 Å². The van der Waals surface area contributed by atoms with Crippen LogP contribution in [0.4, 0.5) is 5.95 Å². The van der Waals surface area contributed by atoms with Gasteiger partial charge in [0.1, 0.15) is 18.8 Å². The number of ether oxygens (including phenoxy) is 2. The van der Waals surface area contributed by atoms with Crippen molar-refractivity contribution >= 4 is 11.7 Å². The number of rotatable bonds is 6. The highest BCUT2D eigenvalue weighted by atomic mass is 16.5. The normalized spacial score (nSPS) is 17.8. The predicted octanol–water partition coefficient (Wildman–Crippen LogP) is 3.70. The fourth-order valence-corrected chi connectivity index (χ4v) is 4.69. The van der Waals surface area contributed by atoms with E-state index in [-0.39, 0.29) is 17.2 Å². The first kappa shape index (κ1) is 22.2. The van der Waals surface area contributed by atoms with Crippen molar-refractivity contribution in [2.24, 2.45) is 5.73 Å². The molecule has 1 aromatic heterocycles. The van der Waals surface area contributed by atoms with Crippen LogP contribution >= 0.6 is 0 Å². The van der Waals surface area contributed by atoms with Crippen LogP contribution in [0.25, 0.3) is 0 Å². The number of allylic oxidation sites excluding steroid dienone is 3. The Morgan fingerprint density at radius 2 is 2.03 bits per heavy atom. The number of hydrogen-bond donors (Lipinski definition) is 2. The molecular formula is C26H24N6O3. The lowest BCUT2D eigenvalue weighted by Gasteiger charge is -2.38. The van der Waals surface area contributed by atoms with Gasteiger partial charge in [0, 0.05) is 17.7 Å². The number of carbonyl (C=O) groups excluding carboxylic acids is 1. The van der Waals surface area contributed by atoms with E-state index in [9.17, 15) is 10.1 Å². The van der Waals surface area contributed by atoms with Gasteiger partial charge in [-0.25, -0.2) is 5.10 Å². The van der Waals surface area contributed by atoms with Crippen molar-refractivity contribution in [3.8, 4) is 17.6 Å². The number of hydrogen-bond acceptors (Lipinski definition) is 8. The molecule has 9 heteroatoms. The lowest BCUT2D eigenvalue weighted by molar-refractivity contribution is -0.116. The molecule has 2 heterocycles. The molecule has 176 valence electrons. The van der Waals surface area contributed by atoms with Crippen LogP contribution in [0, 0.1) is 11.3 Å². The van der Waals surface area contributed by atoms with Gasteiger partial charge in [-0.05, 0) is 36.1 Å². The predicted molar refractivity (Wildman–Crippen MR) is 128 cm³/mol. The smallest absolute Gasteiger partial charge is 0.231 e. The van der Waals surface area contributed by atoms with Crippen LogP contribution in [0.15, 0.2) is 77.5 Å². The summed E-state index contributed by atoms with van der Waals surface area (Å²) in [6.07, 6.45) is 3.10. The van der Waals surface area contributed by atoms with Gasteiger partial charge in [0.25, 0.3) is 0 Å². The summed E-state index contributed by atoms with van der Waals surface area (Å²) in [5.74, 6) is 1.06. The number of Topliss-reactive ketones (excluding diaryl/α,β-unsaturated/α-hetero) is 1. The Morgan fingerprint density at radius 3 is 2.74 bits per heavy atom. The van der Waals surface area contributed by atoms with E-state index in [2.05, 4.69) is 21.3 Å². The number of methoxy groups -OCH3 is 1. The third kappa shape index (κ3) is 3.99. The summed E-state index contributed by atoms with van der Waals surface area (Å²) >= 11 is 0. The van der Waals surface area contributed by atoms with E-state index in [0.29, 0.717) is 48.9 Å². The van der Waals surface area contributed by atoms with Gasteiger partial charge in [-0.2, -0.15) is 15.3 Å². The molecule has 1 aliphatic carbocycles. The van der Waals surface area contributed by atoms with E-state index in [0.717, 1.165) is 16.8 Å². The standard InChI is InChI=1S/C26H24N6O3/c1-34-22-12-17(10-11-21(22)35-14-16-6-3-2-4-7-16)23-18(13-27)25(28)32(26-29-15-30-31-26)19-8-5-9-20(33)24(19)23/h2-4,6-7,10-12,15,23H,5,8-9,14,28H2,1H3,(H,29,30,31). The van der Waals surface area contributed by atoms with Gasteiger partial charge in [0.2, 0.25) is 5.95 Å². The van der Waals surface area contributed by atoms with Crippen molar-refractivity contribution < 1.29 is 14.3 Å². The van der Waals surface area contributed by atoms with E-state index in [4.69, 9.17) is 15.2 Å². The van der Waals surface area contributed by atoms with Crippen LogP contribution in [0.2, 0.25) is 0 Å². The summed E-state index contributed by atoms with van der Waals surface area (Å²) in [7, 11) is 1.56. The number of benzene rings is 2. The maximum absolute atomic E-state index is 13.2. The Balaban J connectivity index is 1.56. The van der Waals surface area contributed by atoms with Crippen LogP contribution in [0.1, 0.15) is 36.3 Å². The van der Waals surface area contributed by atoms with E-state index >= 15 is 0 Å². The molecule has 2 aliphatic rings. The van der Waals surface area contributed by atoms with Gasteiger partial charge in [-0.15, -0.1) is 0 Å². The second kappa shape index (κ2) is 9.35. The number of H-pyrrole nitrogens is 1. The fraction of sp³-hybridized carbons (Fsp3) is 0.231. The summed E-state index contributed by atoms with van der Waals surface area (Å²) in [5.41, 5.74) is 9.84. The molecule has 0 radical (unpaired) electrons. The molecule has 0 spiro atoms. The van der Waals surface area contributed by atoms with E-state index < -0.39 is 5.92 Å². The average molecular weight is 469 g/mol. The van der Waals surface area contributed by atoms with Crippen LogP contribution < -0.4 is 20.1 Å². The highest BCUT2D eigenvalue weighted by Gasteiger charge is 2.41. The van der Waals surface area contributed by atoms with E-state index in [1.807, 2.05) is 42.5 Å². The third-order valence-corrected chi connectivity index (χ3v) is 6.29. The lowest BCUT2D eigenvalue weighted by Crippen LogP contribution is -2.39. The molecule has 0 bridgehead atoms. The van der Waals surface area contributed by atoms with Crippen molar-refractivity contribution in [2.75, 3.05) is 12.0 Å². The van der Waals surface area contributed by atoms with E-state index in [1.54, 1.807) is 18.1 Å². The molecule has 9 nitrogen and oxygen atoms in total. The molecule has 2 aromatic carbocycles. The summed E-state index contributed by atoms with van der Waals surface area (Å²) < 4.78 is 11.6. The van der Waals surface area contributed by atoms with Crippen LogP contribution in [-0.4, -0.2) is 28.1 Å². The highest BCUT2D eigenvalue weighted by molar-refractivity contribution is 6.01. The summed E-state index contributed by atoms with van der Waals surface area (Å²) in [4.78, 5) is 19.1. The lowest BCUT2D eigenvalue weighted by atomic mass is 9.75. The minimum atomic E-state index is -0.612. The number of nitrogens with one attached hydrogen (secondary N) is 1. The first-order valence-corrected chi connectivity index (χ1v) is 11.3. The topological polar surface area (TPSA) is 130 Å². The quantitative estimate of drug-likeness (QED) is 0.560. The Hall–Kier alpha value is -4.58. The van der Waals surface area contributed by atoms with Crippen LogP contribution in [0.5, 0.6) is 11.5 Å². The second-order valence-electron chi connectivity index (χ2n) is 8.31. The zero-order chi connectivity index (χ0) is 24.4. The SMILES string of the molecule is COc1cc(C2C(C#N)=C(N)N(c3ncn[nH]3)C3=C2C(=O)CCC3)ccc1OCc1ccccc1. The fourth-order valence-electron chi connectivity index (χ4n) is 4.69. The third-order valence-electron chi connectivity index (χ3n) is 6.29. The zero-order valence-corrected chi connectivity index (χ0v) is 19.2. The molecule has 1 atom stereocenters. The van der Waals surface area contributed by atoms with Gasteiger partial charge >= 0.3 is 0 Å². The largest absolute Gasteiger partial charge is 0.493 e. The van der Waals surface area contributed by atoms with Crippen molar-refractivity contribution in [3.63, 3.8) is 0 Å². The van der Waals surface area contributed by atoms with Crippen molar-refractivity contribution in [1.82, 2.24) is 15.2 Å². The Morgan fingerprint density at radius 1 is 1.20 bits per heavy atom. The first-order valence-electron chi connectivity index (χ1n) is 11.3. The maximum atomic E-state index is 13.2. The van der Waals surface area contributed by atoms with Crippen molar-refractivity contribution in [2.45, 2.75) is 31.8 Å². The summed E-state index contributed by atoms with van der Waals surface area (Å²) in [6.45, 7) is 0.385. The number of ketones is 1. The Labute approximate surface area is 202 Å². The Kier molecular flexibility index (Phi) is 5.94. The summed E-state index contributed by atoms with van der Waals surface area (Å²) in [6, 6.07) is 17.5. The average Bonchev–Trinajstić information content (AvgIpc) is 3.42. The van der Waals surface area contributed by atoms with Crippen molar-refractivity contribution in [3.05, 3.63) is 88.6 Å². The molecule has 0 saturated heterocycles. The number of aromatic nitrogens is 3. The summed E-state index contributed by atoms with van der Waals surface area (Å²) in [5, 5.41) is 16.8. The van der Waals surface area contributed by atoms with Gasteiger partial charge in [-0.3, -0.25) is 9.69 Å². The molecule has 0 saturated carbocycles. The molecule has 1 aliphatic heterocycles. The molecule has 35 heavy (non-hydrogen) atoms. The number of anilines is 1. The van der Waals surface area contributed by atoms with Crippen molar-refractivity contribution in [1.29, 1.82) is 5.26 Å². The monoisotopic (exact) mass is 468 g/mol. The number of nitrogens with zero attached hydrogens (tertiary/aromatic N) is 4. The molecule has 3 aromatic rings. The molecule has 0 fully saturated rings. The minimum absolute atomic E-state index is 0.00983. The molecular weight excluding hydrogens is 444 g/mol. The Bertz CT molecular complexity index is 1360. The first-order chi connectivity index (χ1) is 17.1. The molecule has 5 rings (SSSR count). The maximum Gasteiger partial charge on any atom is 0.231 e. The van der Waals surface area contributed by atoms with Crippen LogP contribution in [0.3, 0.4) is 0 Å². The molecule has 3 N–H and O–H groups in total. The van der Waals surface area contributed by atoms with Gasteiger partial charge in [0.15, 0.2) is 17.3 Å². The van der Waals surface area contributed by atoms with Gasteiger partial charge < -0.3 is 15.2 Å². The highest BCUT2D eigenvalue weighted by Crippen LogP contribution is 2.46. The number of nitrogens with two attached hydrogens (primary N) is 1. The number of aromatic amines is 1. The van der Waals surface area contributed by atoms with E-state index in [1.165, 1.54) is 6.33 Å². The number of carbonyl (C=O) groups is 1. The minimum Gasteiger partial charge on any atom is -0.493 e. The van der Waals surface area contributed by atoms with Crippen LogP contribution in [-0.2, 0) is 11.4 Å². The number of nitriles is 1. The van der Waals surface area contributed by atoms with Gasteiger partial charge in [-0.1, -0.05) is 36.4 Å². The second-order valence-corrected chi connectivity index (χ2v) is 8.31.